The van der Waals surface area contributed by atoms with Crippen LogP contribution in [0.4, 0.5) is 4.79 Å². The highest BCUT2D eigenvalue weighted by Gasteiger charge is 2.50. The molecule has 1 saturated carbocycles. The molecule has 1 aliphatic carbocycles. The van der Waals surface area contributed by atoms with Gasteiger partial charge < -0.3 is 24.0 Å². The molecule has 2 N–H and O–H groups in total. The summed E-state index contributed by atoms with van der Waals surface area (Å²) in [4.78, 5) is 46.2. The molecule has 1 amide bonds. The molecule has 1 heterocycles. The van der Waals surface area contributed by atoms with Crippen molar-refractivity contribution in [3.05, 3.63) is 21.9 Å². The molecule has 11 heteroatoms. The summed E-state index contributed by atoms with van der Waals surface area (Å²) < 4.78 is 16.7. The first-order valence-electron chi connectivity index (χ1n) is 11.9. The normalized spacial score (nSPS) is 21.0. The highest BCUT2D eigenvalue weighted by molar-refractivity contribution is 6.74. The third-order valence-corrected chi connectivity index (χ3v) is 11.6. The molecular weight excluding hydrogens is 470 g/mol. The van der Waals surface area contributed by atoms with Crippen molar-refractivity contribution in [3.8, 4) is 5.75 Å². The van der Waals surface area contributed by atoms with E-state index in [1.165, 1.54) is 4.90 Å². The molecule has 0 radical (unpaired) electrons. The summed E-state index contributed by atoms with van der Waals surface area (Å²) in [7, 11) is 0.732. The molecule has 0 saturated heterocycles. The number of aromatic nitrogens is 2. The van der Waals surface area contributed by atoms with Crippen molar-refractivity contribution in [2.75, 3.05) is 20.8 Å². The SMILES string of the molecule is COC(=O)c1nc([C@]2(N(C)C(=O)OC(C)(C)C)CC[C@@H](CO[Si](C)(C)C(C)(C)C)C2)[nH]c(=O)c1O. The number of rotatable bonds is 6. The third-order valence-electron chi connectivity index (χ3n) is 7.10. The number of esters is 1. The Morgan fingerprint density at radius 2 is 1.83 bits per heavy atom. The van der Waals surface area contributed by atoms with E-state index in [4.69, 9.17) is 13.9 Å². The lowest BCUT2D eigenvalue weighted by Crippen LogP contribution is -2.49. The third kappa shape index (κ3) is 6.24. The van der Waals surface area contributed by atoms with Crippen molar-refractivity contribution >= 4 is 20.4 Å². The van der Waals surface area contributed by atoms with Crippen LogP contribution in [0.3, 0.4) is 0 Å². The van der Waals surface area contributed by atoms with Gasteiger partial charge in [-0.05, 0) is 64.1 Å². The van der Waals surface area contributed by atoms with Gasteiger partial charge in [-0.25, -0.2) is 14.6 Å². The number of methoxy groups -OCH3 is 1. The zero-order chi connectivity index (χ0) is 27.0. The number of amides is 1. The number of carbonyl (C=O) groups is 2. The van der Waals surface area contributed by atoms with E-state index < -0.39 is 48.5 Å². The summed E-state index contributed by atoms with van der Waals surface area (Å²) in [5.41, 5.74) is -3.18. The van der Waals surface area contributed by atoms with Gasteiger partial charge in [0.1, 0.15) is 17.0 Å². The van der Waals surface area contributed by atoms with Gasteiger partial charge in [0.2, 0.25) is 5.75 Å². The van der Waals surface area contributed by atoms with E-state index in [-0.39, 0.29) is 16.8 Å². The van der Waals surface area contributed by atoms with Gasteiger partial charge in [-0.1, -0.05) is 20.8 Å². The summed E-state index contributed by atoms with van der Waals surface area (Å²) in [6.07, 6.45) is 1.02. The molecule has 10 nitrogen and oxygen atoms in total. The number of hydrogen-bond acceptors (Lipinski definition) is 8. The second-order valence-electron chi connectivity index (χ2n) is 11.9. The average Bonchev–Trinajstić information content (AvgIpc) is 3.16. The number of carbonyl (C=O) groups excluding carboxylic acids is 2. The lowest BCUT2D eigenvalue weighted by molar-refractivity contribution is 0.00137. The van der Waals surface area contributed by atoms with Gasteiger partial charge in [0.25, 0.3) is 5.56 Å². The Morgan fingerprint density at radius 1 is 1.23 bits per heavy atom. The molecular formula is C24H41N3O7Si. The predicted octanol–water partition coefficient (Wildman–Crippen LogP) is 4.15. The van der Waals surface area contributed by atoms with Gasteiger partial charge in [0.05, 0.1) is 7.11 Å². The smallest absolute Gasteiger partial charge is 0.410 e. The number of nitrogens with zero attached hydrogens (tertiary/aromatic N) is 2. The molecule has 0 aliphatic heterocycles. The molecule has 1 fully saturated rings. The van der Waals surface area contributed by atoms with Crippen LogP contribution in [-0.4, -0.2) is 66.7 Å². The summed E-state index contributed by atoms with van der Waals surface area (Å²) in [6, 6.07) is 0. The maximum Gasteiger partial charge on any atom is 0.410 e. The maximum atomic E-state index is 13.1. The van der Waals surface area contributed by atoms with Crippen molar-refractivity contribution in [1.29, 1.82) is 0 Å². The predicted molar refractivity (Wildman–Crippen MR) is 134 cm³/mol. The molecule has 0 bridgehead atoms. The van der Waals surface area contributed by atoms with Crippen LogP contribution in [0.5, 0.6) is 5.75 Å². The molecule has 1 aliphatic rings. The second kappa shape index (κ2) is 9.92. The van der Waals surface area contributed by atoms with Crippen molar-refractivity contribution in [2.45, 2.75) is 90.1 Å². The van der Waals surface area contributed by atoms with E-state index in [9.17, 15) is 19.5 Å². The molecule has 35 heavy (non-hydrogen) atoms. The Balaban J connectivity index is 2.51. The van der Waals surface area contributed by atoms with Crippen molar-refractivity contribution in [1.82, 2.24) is 14.9 Å². The molecule has 1 aromatic heterocycles. The van der Waals surface area contributed by atoms with Crippen LogP contribution in [-0.2, 0) is 19.4 Å². The molecule has 0 aromatic carbocycles. The van der Waals surface area contributed by atoms with E-state index >= 15 is 0 Å². The van der Waals surface area contributed by atoms with Crippen molar-refractivity contribution in [2.24, 2.45) is 5.92 Å². The molecule has 2 rings (SSSR count). The first-order chi connectivity index (χ1) is 15.8. The number of ether oxygens (including phenoxy) is 2. The van der Waals surface area contributed by atoms with Crippen LogP contribution < -0.4 is 5.56 Å². The van der Waals surface area contributed by atoms with Crippen LogP contribution in [0.25, 0.3) is 0 Å². The van der Waals surface area contributed by atoms with Crippen molar-refractivity contribution in [3.63, 3.8) is 0 Å². The lowest BCUT2D eigenvalue weighted by Gasteiger charge is -2.39. The summed E-state index contributed by atoms with van der Waals surface area (Å²) in [5, 5.41) is 10.2. The fourth-order valence-corrected chi connectivity index (χ4v) is 5.00. The molecule has 198 valence electrons. The van der Waals surface area contributed by atoms with Crippen LogP contribution in [0.2, 0.25) is 18.1 Å². The summed E-state index contributed by atoms with van der Waals surface area (Å²) in [5.74, 6) is -1.59. The summed E-state index contributed by atoms with van der Waals surface area (Å²) >= 11 is 0. The van der Waals surface area contributed by atoms with Gasteiger partial charge in [0.15, 0.2) is 14.0 Å². The minimum absolute atomic E-state index is 0.0508. The van der Waals surface area contributed by atoms with E-state index in [1.54, 1.807) is 27.8 Å². The van der Waals surface area contributed by atoms with E-state index in [2.05, 4.69) is 43.8 Å². The van der Waals surface area contributed by atoms with Crippen LogP contribution in [0.1, 0.15) is 77.1 Å². The Morgan fingerprint density at radius 3 is 2.34 bits per heavy atom. The number of nitrogens with one attached hydrogen (secondary N) is 1. The van der Waals surface area contributed by atoms with Crippen LogP contribution in [0, 0.1) is 5.92 Å². The minimum atomic E-state index is -2.00. The number of aromatic hydroxyl groups is 1. The van der Waals surface area contributed by atoms with E-state index in [0.29, 0.717) is 25.9 Å². The Labute approximate surface area is 208 Å². The number of hydrogen-bond donors (Lipinski definition) is 2. The summed E-state index contributed by atoms with van der Waals surface area (Å²) in [6.45, 7) is 16.7. The molecule has 2 atom stereocenters. The standard InChI is InChI=1S/C24H41N3O7Si/c1-22(2,3)34-21(31)27(7)24(20-25-16(19(30)32-8)17(28)18(29)26-20)12-11-15(13-24)14-33-35(9,10)23(4,5)6/h15,28H,11-14H2,1-10H3,(H,25,26,29)/t15-,24+/m1/s1. The Bertz CT molecular complexity index is 1010. The first-order valence-corrected chi connectivity index (χ1v) is 14.8. The lowest BCUT2D eigenvalue weighted by atomic mass is 9.92. The van der Waals surface area contributed by atoms with E-state index in [1.807, 2.05) is 0 Å². The molecule has 0 spiro atoms. The van der Waals surface area contributed by atoms with Gasteiger partial charge in [-0.2, -0.15) is 0 Å². The monoisotopic (exact) mass is 511 g/mol. The topological polar surface area (TPSA) is 131 Å². The minimum Gasteiger partial charge on any atom is -0.501 e. The largest absolute Gasteiger partial charge is 0.501 e. The molecule has 0 unspecified atom stereocenters. The number of H-pyrrole nitrogens is 1. The average molecular weight is 512 g/mol. The highest BCUT2D eigenvalue weighted by atomic mass is 28.4. The zero-order valence-corrected chi connectivity index (χ0v) is 23.7. The molecule has 1 aromatic rings. The Kier molecular flexibility index (Phi) is 8.17. The van der Waals surface area contributed by atoms with Gasteiger partial charge >= 0.3 is 12.1 Å². The number of aromatic amines is 1. The fraction of sp³-hybridized carbons (Fsp3) is 0.750. The maximum absolute atomic E-state index is 13.1. The second-order valence-corrected chi connectivity index (χ2v) is 16.7. The Hall–Kier alpha value is -2.40. The quantitative estimate of drug-likeness (QED) is 0.430. The first kappa shape index (κ1) is 28.8. The van der Waals surface area contributed by atoms with Crippen LogP contribution in [0.15, 0.2) is 4.79 Å². The zero-order valence-electron chi connectivity index (χ0n) is 22.7. The van der Waals surface area contributed by atoms with Gasteiger partial charge in [-0.3, -0.25) is 9.69 Å². The van der Waals surface area contributed by atoms with Gasteiger partial charge in [-0.15, -0.1) is 0 Å². The van der Waals surface area contributed by atoms with Crippen molar-refractivity contribution < 1.29 is 28.6 Å². The van der Waals surface area contributed by atoms with Gasteiger partial charge in [0, 0.05) is 13.7 Å². The fourth-order valence-electron chi connectivity index (χ4n) is 3.92. The van der Waals surface area contributed by atoms with E-state index in [0.717, 1.165) is 7.11 Å². The highest BCUT2D eigenvalue weighted by Crippen LogP contribution is 2.46. The van der Waals surface area contributed by atoms with Crippen LogP contribution >= 0.6 is 0 Å².